The lowest BCUT2D eigenvalue weighted by atomic mass is 9.73. The van der Waals surface area contributed by atoms with Crippen molar-refractivity contribution in [3.63, 3.8) is 0 Å². The van der Waals surface area contributed by atoms with Gasteiger partial charge in [0.05, 0.1) is 11.6 Å². The highest BCUT2D eigenvalue weighted by Crippen LogP contribution is 2.38. The van der Waals surface area contributed by atoms with Gasteiger partial charge in [-0.25, -0.2) is 0 Å². The summed E-state index contributed by atoms with van der Waals surface area (Å²) < 4.78 is 5.97. The first-order valence-corrected chi connectivity index (χ1v) is 8.54. The second kappa shape index (κ2) is 7.03. The van der Waals surface area contributed by atoms with Crippen LogP contribution < -0.4 is 11.3 Å². The standard InChI is InChI=1S/C16H28N2OS/c1-4-13-7-8-14(20-13)10-15(18-17)16(19-3)9-5-6-12(2)11-16/h7-8,12,15,18H,4-6,9-11,17H2,1-3H3. The number of nitrogens with one attached hydrogen (secondary N) is 1. The Morgan fingerprint density at radius 3 is 2.80 bits per heavy atom. The second-order valence-corrected chi connectivity index (χ2v) is 7.37. The average Bonchev–Trinajstić information content (AvgIpc) is 2.92. The third kappa shape index (κ3) is 3.42. The van der Waals surface area contributed by atoms with Gasteiger partial charge in [-0.3, -0.25) is 11.3 Å². The van der Waals surface area contributed by atoms with Gasteiger partial charge < -0.3 is 4.74 Å². The zero-order valence-corrected chi connectivity index (χ0v) is 13.8. The molecule has 3 atom stereocenters. The van der Waals surface area contributed by atoms with Crippen molar-refractivity contribution < 1.29 is 4.74 Å². The summed E-state index contributed by atoms with van der Waals surface area (Å²) in [7, 11) is 1.84. The Balaban J connectivity index is 2.12. The summed E-state index contributed by atoms with van der Waals surface area (Å²) in [5.41, 5.74) is 2.93. The number of nitrogens with two attached hydrogens (primary N) is 1. The van der Waals surface area contributed by atoms with Crippen LogP contribution in [0.2, 0.25) is 0 Å². The van der Waals surface area contributed by atoms with Gasteiger partial charge in [-0.2, -0.15) is 0 Å². The van der Waals surface area contributed by atoms with Crippen LogP contribution in [0.1, 0.15) is 49.3 Å². The van der Waals surface area contributed by atoms with Crippen molar-refractivity contribution in [1.82, 2.24) is 5.43 Å². The molecule has 0 aliphatic heterocycles. The molecule has 0 amide bonds. The van der Waals surface area contributed by atoms with Crippen molar-refractivity contribution in [3.8, 4) is 0 Å². The summed E-state index contributed by atoms with van der Waals surface area (Å²) in [6.07, 6.45) is 6.82. The van der Waals surface area contributed by atoms with E-state index >= 15 is 0 Å². The summed E-state index contributed by atoms with van der Waals surface area (Å²) >= 11 is 1.90. The van der Waals surface area contributed by atoms with Crippen LogP contribution >= 0.6 is 11.3 Å². The maximum Gasteiger partial charge on any atom is 0.0850 e. The lowest BCUT2D eigenvalue weighted by Gasteiger charge is -2.44. The van der Waals surface area contributed by atoms with Gasteiger partial charge in [-0.15, -0.1) is 11.3 Å². The van der Waals surface area contributed by atoms with Crippen LogP contribution in [0.4, 0.5) is 0 Å². The van der Waals surface area contributed by atoms with Crippen molar-refractivity contribution in [3.05, 3.63) is 21.9 Å². The molecular formula is C16H28N2OS. The lowest BCUT2D eigenvalue weighted by Crippen LogP contribution is -2.57. The van der Waals surface area contributed by atoms with E-state index < -0.39 is 0 Å². The fraction of sp³-hybridized carbons (Fsp3) is 0.750. The monoisotopic (exact) mass is 296 g/mol. The molecule has 1 saturated carbocycles. The topological polar surface area (TPSA) is 47.3 Å². The van der Waals surface area contributed by atoms with Crippen LogP contribution in [0.3, 0.4) is 0 Å². The summed E-state index contributed by atoms with van der Waals surface area (Å²) in [4.78, 5) is 2.85. The molecule has 0 radical (unpaired) electrons. The predicted octanol–water partition coefficient (Wildman–Crippen LogP) is 3.28. The first kappa shape index (κ1) is 16.0. The minimum Gasteiger partial charge on any atom is -0.377 e. The third-order valence-electron chi connectivity index (χ3n) is 4.70. The van der Waals surface area contributed by atoms with Crippen molar-refractivity contribution in [2.24, 2.45) is 11.8 Å². The molecule has 3 N–H and O–H groups in total. The molecule has 20 heavy (non-hydrogen) atoms. The van der Waals surface area contributed by atoms with Crippen LogP contribution in [0, 0.1) is 5.92 Å². The Kier molecular flexibility index (Phi) is 5.61. The van der Waals surface area contributed by atoms with Gasteiger partial charge >= 0.3 is 0 Å². The largest absolute Gasteiger partial charge is 0.377 e. The Hall–Kier alpha value is -0.420. The molecule has 0 saturated heterocycles. The number of hydrazine groups is 1. The molecule has 1 heterocycles. The Bertz CT molecular complexity index is 420. The normalized spacial score (nSPS) is 28.5. The number of hydrogen-bond acceptors (Lipinski definition) is 4. The summed E-state index contributed by atoms with van der Waals surface area (Å²) in [6.45, 7) is 4.52. The lowest BCUT2D eigenvalue weighted by molar-refractivity contribution is -0.0789. The van der Waals surface area contributed by atoms with Crippen molar-refractivity contribution in [2.45, 2.75) is 64.0 Å². The van der Waals surface area contributed by atoms with Gasteiger partial charge in [0, 0.05) is 23.3 Å². The number of hydrogen-bond donors (Lipinski definition) is 2. The number of thiophene rings is 1. The predicted molar refractivity (Wildman–Crippen MR) is 85.9 cm³/mol. The number of ether oxygens (including phenoxy) is 1. The Morgan fingerprint density at radius 1 is 1.50 bits per heavy atom. The zero-order chi connectivity index (χ0) is 14.6. The average molecular weight is 296 g/mol. The Morgan fingerprint density at radius 2 is 2.25 bits per heavy atom. The molecule has 0 spiro atoms. The SMILES string of the molecule is CCc1ccc(CC(NN)C2(OC)CCCC(C)C2)s1. The van der Waals surface area contributed by atoms with Gasteiger partial charge in [-0.1, -0.05) is 26.7 Å². The highest BCUT2D eigenvalue weighted by Gasteiger charge is 2.41. The highest BCUT2D eigenvalue weighted by molar-refractivity contribution is 7.11. The minimum absolute atomic E-state index is 0.108. The van der Waals surface area contributed by atoms with E-state index in [1.807, 2.05) is 18.4 Å². The molecule has 114 valence electrons. The molecule has 1 aromatic heterocycles. The van der Waals surface area contributed by atoms with E-state index in [1.165, 1.54) is 22.6 Å². The number of methoxy groups -OCH3 is 1. The smallest absolute Gasteiger partial charge is 0.0850 e. The molecule has 2 rings (SSSR count). The molecule has 1 aliphatic rings. The molecule has 1 aliphatic carbocycles. The summed E-state index contributed by atoms with van der Waals surface area (Å²) in [5.74, 6) is 6.59. The van der Waals surface area contributed by atoms with Gasteiger partial charge in [0.1, 0.15) is 0 Å². The molecule has 3 nitrogen and oxygen atoms in total. The molecule has 4 heteroatoms. The van der Waals surface area contributed by atoms with E-state index in [-0.39, 0.29) is 11.6 Å². The molecule has 1 aromatic rings. The molecule has 1 fully saturated rings. The van der Waals surface area contributed by atoms with Crippen molar-refractivity contribution >= 4 is 11.3 Å². The van der Waals surface area contributed by atoms with Crippen molar-refractivity contribution in [2.75, 3.05) is 7.11 Å². The first-order chi connectivity index (χ1) is 9.63. The van der Waals surface area contributed by atoms with E-state index in [1.54, 1.807) is 0 Å². The Labute approximate surface area is 126 Å². The van der Waals surface area contributed by atoms with Crippen LogP contribution in [0.15, 0.2) is 12.1 Å². The number of aryl methyl sites for hydroxylation is 1. The minimum atomic E-state index is -0.108. The summed E-state index contributed by atoms with van der Waals surface area (Å²) in [5, 5.41) is 0. The third-order valence-corrected chi connectivity index (χ3v) is 5.96. The van der Waals surface area contributed by atoms with E-state index in [2.05, 4.69) is 31.4 Å². The van der Waals surface area contributed by atoms with Gasteiger partial charge in [0.15, 0.2) is 0 Å². The molecule has 0 aromatic carbocycles. The van der Waals surface area contributed by atoms with Crippen molar-refractivity contribution in [1.29, 1.82) is 0 Å². The van der Waals surface area contributed by atoms with E-state index in [0.717, 1.165) is 25.7 Å². The van der Waals surface area contributed by atoms with Crippen LogP contribution in [0.25, 0.3) is 0 Å². The van der Waals surface area contributed by atoms with Gasteiger partial charge in [-0.05, 0) is 37.3 Å². The van der Waals surface area contributed by atoms with Crippen LogP contribution in [-0.4, -0.2) is 18.8 Å². The number of rotatable bonds is 6. The zero-order valence-electron chi connectivity index (χ0n) is 12.9. The maximum atomic E-state index is 5.97. The molecule has 0 bridgehead atoms. The summed E-state index contributed by atoms with van der Waals surface area (Å²) in [6, 6.07) is 4.67. The molecular weight excluding hydrogens is 268 g/mol. The fourth-order valence-electron chi connectivity index (χ4n) is 3.51. The quantitative estimate of drug-likeness (QED) is 0.625. The highest BCUT2D eigenvalue weighted by atomic mass is 32.1. The van der Waals surface area contributed by atoms with E-state index in [0.29, 0.717) is 5.92 Å². The van der Waals surface area contributed by atoms with Gasteiger partial charge in [0.25, 0.3) is 0 Å². The second-order valence-electron chi connectivity index (χ2n) is 6.12. The molecule has 3 unspecified atom stereocenters. The maximum absolute atomic E-state index is 5.97. The van der Waals surface area contributed by atoms with Crippen LogP contribution in [0.5, 0.6) is 0 Å². The van der Waals surface area contributed by atoms with Crippen LogP contribution in [-0.2, 0) is 17.6 Å². The van der Waals surface area contributed by atoms with Gasteiger partial charge in [0.2, 0.25) is 0 Å². The van der Waals surface area contributed by atoms with E-state index in [9.17, 15) is 0 Å². The first-order valence-electron chi connectivity index (χ1n) is 7.72. The van der Waals surface area contributed by atoms with E-state index in [4.69, 9.17) is 10.6 Å². The fourth-order valence-corrected chi connectivity index (χ4v) is 4.51.